The lowest BCUT2D eigenvalue weighted by Crippen LogP contribution is -2.38. The molecule has 2 heteroatoms. The van der Waals surface area contributed by atoms with Gasteiger partial charge in [-0.05, 0) is 48.8 Å². The van der Waals surface area contributed by atoms with Crippen molar-refractivity contribution in [3.05, 3.63) is 35.6 Å². The summed E-state index contributed by atoms with van der Waals surface area (Å²) in [4.78, 5) is 0. The molecule has 2 unspecified atom stereocenters. The maximum absolute atomic E-state index is 13.1. The van der Waals surface area contributed by atoms with Crippen LogP contribution < -0.4 is 5.32 Å². The highest BCUT2D eigenvalue weighted by Crippen LogP contribution is 2.33. The molecule has 1 rings (SSSR count). The highest BCUT2D eigenvalue weighted by atomic mass is 19.1. The summed E-state index contributed by atoms with van der Waals surface area (Å²) in [7, 11) is 0. The minimum Gasteiger partial charge on any atom is -0.307 e. The van der Waals surface area contributed by atoms with E-state index >= 15 is 0 Å². The fourth-order valence-electron chi connectivity index (χ4n) is 2.45. The normalized spacial score (nSPS) is 15.4. The quantitative estimate of drug-likeness (QED) is 0.742. The van der Waals surface area contributed by atoms with Crippen LogP contribution in [0.5, 0.6) is 0 Å². The van der Waals surface area contributed by atoms with Crippen LogP contribution in [0.4, 0.5) is 4.39 Å². The first-order valence-electron chi connectivity index (χ1n) is 7.71. The maximum Gasteiger partial charge on any atom is 0.123 e. The van der Waals surface area contributed by atoms with Crippen LogP contribution in [0.25, 0.3) is 0 Å². The van der Waals surface area contributed by atoms with Crippen LogP contribution in [0.1, 0.15) is 66.0 Å². The van der Waals surface area contributed by atoms with Gasteiger partial charge >= 0.3 is 0 Å². The van der Waals surface area contributed by atoms with Crippen LogP contribution in [0.15, 0.2) is 24.3 Å². The third-order valence-electron chi connectivity index (χ3n) is 3.70. The van der Waals surface area contributed by atoms with Gasteiger partial charge in [0.15, 0.2) is 0 Å². The Labute approximate surface area is 124 Å². The highest BCUT2D eigenvalue weighted by Gasteiger charge is 2.27. The summed E-state index contributed by atoms with van der Waals surface area (Å²) in [5, 5.41) is 3.73. The molecular weight excluding hydrogens is 249 g/mol. The highest BCUT2D eigenvalue weighted by molar-refractivity contribution is 5.21. The van der Waals surface area contributed by atoms with Crippen LogP contribution in [-0.4, -0.2) is 6.04 Å². The Hall–Kier alpha value is -0.890. The second-order valence-corrected chi connectivity index (χ2v) is 7.39. The standard InChI is InChI=1S/C18H30FN/c1-13(2)7-8-14(3)20-17(18(4,5)6)15-9-11-16(19)12-10-15/h9-14,17,20H,7-8H2,1-6H3. The molecule has 114 valence electrons. The molecule has 2 atom stereocenters. The van der Waals surface area contributed by atoms with Crippen LogP contribution in [0.3, 0.4) is 0 Å². The number of rotatable bonds is 6. The van der Waals surface area contributed by atoms with Crippen molar-refractivity contribution in [2.45, 2.75) is 66.5 Å². The van der Waals surface area contributed by atoms with Gasteiger partial charge in [-0.2, -0.15) is 0 Å². The largest absolute Gasteiger partial charge is 0.307 e. The van der Waals surface area contributed by atoms with Crippen LogP contribution in [0.2, 0.25) is 0 Å². The Balaban J connectivity index is 2.78. The third kappa shape index (κ3) is 5.62. The molecule has 1 aromatic rings. The Kier molecular flexibility index (Phi) is 6.19. The molecule has 0 aromatic heterocycles. The van der Waals surface area contributed by atoms with Crippen molar-refractivity contribution in [1.29, 1.82) is 0 Å². The van der Waals surface area contributed by atoms with Gasteiger partial charge in [-0.1, -0.05) is 46.8 Å². The van der Waals surface area contributed by atoms with E-state index in [0.29, 0.717) is 6.04 Å². The molecule has 1 nitrogen and oxygen atoms in total. The summed E-state index contributed by atoms with van der Waals surface area (Å²) >= 11 is 0. The summed E-state index contributed by atoms with van der Waals surface area (Å²) in [6.45, 7) is 13.4. The van der Waals surface area contributed by atoms with Crippen molar-refractivity contribution in [3.63, 3.8) is 0 Å². The van der Waals surface area contributed by atoms with Crippen molar-refractivity contribution >= 4 is 0 Å². The van der Waals surface area contributed by atoms with E-state index in [1.165, 1.54) is 12.8 Å². The molecule has 0 fully saturated rings. The predicted molar refractivity (Wildman–Crippen MR) is 85.3 cm³/mol. The van der Waals surface area contributed by atoms with Crippen LogP contribution >= 0.6 is 0 Å². The summed E-state index contributed by atoms with van der Waals surface area (Å²) < 4.78 is 13.1. The number of hydrogen-bond acceptors (Lipinski definition) is 1. The summed E-state index contributed by atoms with van der Waals surface area (Å²) in [6.07, 6.45) is 2.40. The Morgan fingerprint density at radius 1 is 1.00 bits per heavy atom. The topological polar surface area (TPSA) is 12.0 Å². The van der Waals surface area contributed by atoms with Gasteiger partial charge in [0.05, 0.1) is 0 Å². The van der Waals surface area contributed by atoms with Gasteiger partial charge in [0.1, 0.15) is 5.82 Å². The monoisotopic (exact) mass is 279 g/mol. The number of hydrogen-bond donors (Lipinski definition) is 1. The van der Waals surface area contributed by atoms with E-state index in [4.69, 9.17) is 0 Å². The fraction of sp³-hybridized carbons (Fsp3) is 0.667. The molecule has 0 aliphatic carbocycles. The first kappa shape index (κ1) is 17.2. The summed E-state index contributed by atoms with van der Waals surface area (Å²) in [5.41, 5.74) is 1.26. The molecular formula is C18H30FN. The van der Waals surface area contributed by atoms with Crippen molar-refractivity contribution in [1.82, 2.24) is 5.32 Å². The molecule has 0 radical (unpaired) electrons. The predicted octanol–water partition coefficient (Wildman–Crippen LogP) is 5.33. The SMILES string of the molecule is CC(C)CCC(C)NC(c1ccc(F)cc1)C(C)(C)C. The zero-order chi connectivity index (χ0) is 15.3. The summed E-state index contributed by atoms with van der Waals surface area (Å²) in [5.74, 6) is 0.562. The molecule has 1 N–H and O–H groups in total. The lowest BCUT2D eigenvalue weighted by atomic mass is 9.81. The van der Waals surface area contributed by atoms with Crippen molar-refractivity contribution in [3.8, 4) is 0 Å². The average molecular weight is 279 g/mol. The second-order valence-electron chi connectivity index (χ2n) is 7.39. The summed E-state index contributed by atoms with van der Waals surface area (Å²) in [6, 6.07) is 7.60. The molecule has 0 aliphatic rings. The van der Waals surface area contributed by atoms with E-state index in [2.05, 4.69) is 46.9 Å². The first-order valence-corrected chi connectivity index (χ1v) is 7.71. The number of halogens is 1. The molecule has 0 heterocycles. The lowest BCUT2D eigenvalue weighted by Gasteiger charge is -2.35. The van der Waals surface area contributed by atoms with Crippen LogP contribution in [0, 0.1) is 17.2 Å². The molecule has 0 saturated carbocycles. The van der Waals surface area contributed by atoms with Gasteiger partial charge < -0.3 is 5.32 Å². The molecule has 0 amide bonds. The molecule has 0 bridgehead atoms. The fourth-order valence-corrected chi connectivity index (χ4v) is 2.45. The second kappa shape index (κ2) is 7.21. The molecule has 0 saturated heterocycles. The number of nitrogens with one attached hydrogen (secondary N) is 1. The zero-order valence-corrected chi connectivity index (χ0v) is 13.8. The Morgan fingerprint density at radius 3 is 2.00 bits per heavy atom. The average Bonchev–Trinajstić information content (AvgIpc) is 2.33. The van der Waals surface area contributed by atoms with E-state index in [1.54, 1.807) is 12.1 Å². The van der Waals surface area contributed by atoms with E-state index in [9.17, 15) is 4.39 Å². The van der Waals surface area contributed by atoms with Gasteiger partial charge in [0.25, 0.3) is 0 Å². The van der Waals surface area contributed by atoms with E-state index in [1.807, 2.05) is 12.1 Å². The van der Waals surface area contributed by atoms with E-state index < -0.39 is 0 Å². The smallest absolute Gasteiger partial charge is 0.123 e. The van der Waals surface area contributed by atoms with Crippen molar-refractivity contribution < 1.29 is 4.39 Å². The maximum atomic E-state index is 13.1. The zero-order valence-electron chi connectivity index (χ0n) is 13.8. The molecule has 0 aliphatic heterocycles. The van der Waals surface area contributed by atoms with Crippen LogP contribution in [-0.2, 0) is 0 Å². The lowest BCUT2D eigenvalue weighted by molar-refractivity contribution is 0.245. The van der Waals surface area contributed by atoms with Gasteiger partial charge in [-0.3, -0.25) is 0 Å². The van der Waals surface area contributed by atoms with Crippen molar-refractivity contribution in [2.24, 2.45) is 11.3 Å². The Morgan fingerprint density at radius 2 is 1.55 bits per heavy atom. The van der Waals surface area contributed by atoms with Gasteiger partial charge in [0, 0.05) is 12.1 Å². The third-order valence-corrected chi connectivity index (χ3v) is 3.70. The molecule has 1 aromatic carbocycles. The van der Waals surface area contributed by atoms with E-state index in [-0.39, 0.29) is 17.3 Å². The van der Waals surface area contributed by atoms with Gasteiger partial charge in [0.2, 0.25) is 0 Å². The Bertz CT molecular complexity index is 389. The van der Waals surface area contributed by atoms with E-state index in [0.717, 1.165) is 11.5 Å². The number of benzene rings is 1. The van der Waals surface area contributed by atoms with Crippen molar-refractivity contribution in [2.75, 3.05) is 0 Å². The minimum atomic E-state index is -0.172. The minimum absolute atomic E-state index is 0.101. The molecule has 20 heavy (non-hydrogen) atoms. The first-order chi connectivity index (χ1) is 9.20. The van der Waals surface area contributed by atoms with Gasteiger partial charge in [-0.25, -0.2) is 4.39 Å². The van der Waals surface area contributed by atoms with Gasteiger partial charge in [-0.15, -0.1) is 0 Å². The molecule has 0 spiro atoms.